The van der Waals surface area contributed by atoms with Crippen LogP contribution in [0.1, 0.15) is 63.9 Å². The maximum atomic E-state index is 10.6. The van der Waals surface area contributed by atoms with Crippen LogP contribution in [0.15, 0.2) is 24.3 Å². The molecule has 1 aromatic rings. The molecular formula is C26H40NO2+. The number of likely N-dealkylation sites (N-methyl/N-ethyl adjacent to an activating group) is 1. The van der Waals surface area contributed by atoms with Gasteiger partial charge in [-0.3, -0.25) is 0 Å². The number of likely N-dealkylation sites (tertiary alicyclic amines) is 1. The van der Waals surface area contributed by atoms with Crippen LogP contribution in [0.4, 0.5) is 0 Å². The molecule has 3 nitrogen and oxygen atoms in total. The molecule has 5 aliphatic rings. The average Bonchev–Trinajstić information content (AvgIpc) is 2.68. The molecule has 6 rings (SSSR count). The van der Waals surface area contributed by atoms with Gasteiger partial charge in [0.05, 0.1) is 20.1 Å². The maximum absolute atomic E-state index is 10.6. The number of hydrogen-bond donors (Lipinski definition) is 1. The average molecular weight is 399 g/mol. The van der Waals surface area contributed by atoms with Crippen LogP contribution < -0.4 is 4.74 Å². The van der Waals surface area contributed by atoms with Crippen LogP contribution in [-0.4, -0.2) is 49.0 Å². The fraction of sp³-hybridized carbons (Fsp3) is 0.769. The quantitative estimate of drug-likeness (QED) is 0.700. The minimum atomic E-state index is -0.392. The summed E-state index contributed by atoms with van der Waals surface area (Å²) in [5.74, 6) is 4.69. The van der Waals surface area contributed by atoms with Crippen molar-refractivity contribution in [2.24, 2.45) is 23.7 Å². The van der Waals surface area contributed by atoms with Crippen molar-refractivity contribution in [3.05, 3.63) is 29.8 Å². The van der Waals surface area contributed by atoms with Gasteiger partial charge in [0.15, 0.2) is 0 Å². The highest BCUT2D eigenvalue weighted by Crippen LogP contribution is 2.60. The van der Waals surface area contributed by atoms with E-state index < -0.39 is 6.10 Å². The first-order chi connectivity index (χ1) is 13.9. The number of hydrogen-bond acceptors (Lipinski definition) is 2. The summed E-state index contributed by atoms with van der Waals surface area (Å²) in [6, 6.07) is 8.96. The molecule has 1 N–H and O–H groups in total. The van der Waals surface area contributed by atoms with Crippen molar-refractivity contribution in [1.29, 1.82) is 0 Å². The van der Waals surface area contributed by atoms with Crippen LogP contribution in [0.2, 0.25) is 0 Å². The first-order valence-electron chi connectivity index (χ1n) is 12.2. The second-order valence-electron chi connectivity index (χ2n) is 11.6. The normalized spacial score (nSPS) is 42.0. The lowest BCUT2D eigenvalue weighted by Gasteiger charge is -2.57. The Balaban J connectivity index is 1.16. The molecule has 0 spiro atoms. The van der Waals surface area contributed by atoms with Gasteiger partial charge in [0.1, 0.15) is 25.0 Å². The summed E-state index contributed by atoms with van der Waals surface area (Å²) in [5.41, 5.74) is 2.00. The van der Waals surface area contributed by atoms with Gasteiger partial charge in [-0.25, -0.2) is 0 Å². The van der Waals surface area contributed by atoms with Crippen LogP contribution >= 0.6 is 0 Å². The van der Waals surface area contributed by atoms with Crippen LogP contribution in [0.3, 0.4) is 0 Å². The fourth-order valence-electron chi connectivity index (χ4n) is 7.63. The molecule has 3 heteroatoms. The minimum Gasteiger partial charge on any atom is -0.491 e. The van der Waals surface area contributed by atoms with Crippen LogP contribution in [0.25, 0.3) is 0 Å². The van der Waals surface area contributed by atoms with Crippen molar-refractivity contribution >= 4 is 0 Å². The minimum absolute atomic E-state index is 0.392. The molecule has 0 aromatic heterocycles. The summed E-state index contributed by atoms with van der Waals surface area (Å²) < 4.78 is 6.98. The van der Waals surface area contributed by atoms with Crippen molar-refractivity contribution in [3.8, 4) is 5.75 Å². The monoisotopic (exact) mass is 398 g/mol. The smallest absolute Gasteiger partial charge is 0.137 e. The van der Waals surface area contributed by atoms with E-state index in [1.807, 2.05) is 0 Å². The number of ether oxygens (including phenoxy) is 1. The van der Waals surface area contributed by atoms with Crippen molar-refractivity contribution in [1.82, 2.24) is 0 Å². The van der Waals surface area contributed by atoms with Gasteiger partial charge in [-0.2, -0.15) is 0 Å². The van der Waals surface area contributed by atoms with Gasteiger partial charge >= 0.3 is 0 Å². The van der Waals surface area contributed by atoms with Gasteiger partial charge in [-0.05, 0) is 98.1 Å². The molecule has 0 radical (unpaired) electrons. The Bertz CT molecular complexity index is 669. The highest BCUT2D eigenvalue weighted by Gasteiger charge is 2.51. The standard InChI is InChI=1S/C26H40NO2/c1-19-7-9-27(2,10-8-19)17-24(28)18-29-25-5-3-23(4-6-25)26-14-20-11-21(15-26)13-22(12-20)16-26/h3-6,19-22,24,28H,7-18H2,1-2H3/q+1. The Morgan fingerprint density at radius 2 is 1.55 bits per heavy atom. The Kier molecular flexibility index (Phi) is 5.19. The molecular weight excluding hydrogens is 358 g/mol. The lowest BCUT2D eigenvalue weighted by molar-refractivity contribution is -0.918. The predicted molar refractivity (Wildman–Crippen MR) is 117 cm³/mol. The molecule has 1 aliphatic heterocycles. The number of nitrogens with zero attached hydrogens (tertiary/aromatic N) is 1. The van der Waals surface area contributed by atoms with E-state index >= 15 is 0 Å². The van der Waals surface area contributed by atoms with Crippen LogP contribution in [-0.2, 0) is 5.41 Å². The maximum Gasteiger partial charge on any atom is 0.137 e. The van der Waals surface area contributed by atoms with Gasteiger partial charge in [-0.1, -0.05) is 19.1 Å². The predicted octanol–water partition coefficient (Wildman–Crippen LogP) is 4.77. The third kappa shape index (κ3) is 4.10. The summed E-state index contributed by atoms with van der Waals surface area (Å²) >= 11 is 0. The second-order valence-corrected chi connectivity index (χ2v) is 11.6. The number of rotatable bonds is 6. The summed E-state index contributed by atoms with van der Waals surface area (Å²) in [5, 5.41) is 10.6. The number of aliphatic hydroxyl groups is 1. The number of quaternary nitrogens is 1. The van der Waals surface area contributed by atoms with E-state index in [0.29, 0.717) is 12.0 Å². The topological polar surface area (TPSA) is 29.5 Å². The zero-order valence-corrected chi connectivity index (χ0v) is 18.5. The molecule has 4 bridgehead atoms. The van der Waals surface area contributed by atoms with E-state index in [-0.39, 0.29) is 0 Å². The van der Waals surface area contributed by atoms with Gasteiger partial charge in [0, 0.05) is 0 Å². The summed E-state index contributed by atoms with van der Waals surface area (Å²) in [7, 11) is 2.29. The third-order valence-electron chi connectivity index (χ3n) is 8.92. The molecule has 5 fully saturated rings. The van der Waals surface area contributed by atoms with E-state index in [1.165, 1.54) is 64.5 Å². The Hall–Kier alpha value is -1.06. The number of benzene rings is 1. The van der Waals surface area contributed by atoms with Gasteiger partial charge < -0.3 is 14.3 Å². The summed E-state index contributed by atoms with van der Waals surface area (Å²) in [6.45, 7) is 5.91. The van der Waals surface area contributed by atoms with E-state index in [0.717, 1.165) is 40.4 Å². The fourth-order valence-corrected chi connectivity index (χ4v) is 7.63. The second kappa shape index (κ2) is 7.57. The molecule has 4 aliphatic carbocycles. The van der Waals surface area contributed by atoms with E-state index in [9.17, 15) is 5.11 Å². The zero-order chi connectivity index (χ0) is 20.1. The highest BCUT2D eigenvalue weighted by molar-refractivity contribution is 5.34. The largest absolute Gasteiger partial charge is 0.491 e. The lowest BCUT2D eigenvalue weighted by Crippen LogP contribution is -2.54. The van der Waals surface area contributed by atoms with E-state index in [2.05, 4.69) is 38.2 Å². The van der Waals surface area contributed by atoms with Crippen molar-refractivity contribution in [3.63, 3.8) is 0 Å². The van der Waals surface area contributed by atoms with Crippen molar-refractivity contribution < 1.29 is 14.3 Å². The number of piperidine rings is 1. The molecule has 1 atom stereocenters. The van der Waals surface area contributed by atoms with Crippen molar-refractivity contribution in [2.75, 3.05) is 33.3 Å². The number of aliphatic hydroxyl groups excluding tert-OH is 1. The Morgan fingerprint density at radius 3 is 2.10 bits per heavy atom. The third-order valence-corrected chi connectivity index (χ3v) is 8.92. The molecule has 4 saturated carbocycles. The highest BCUT2D eigenvalue weighted by atomic mass is 16.5. The van der Waals surface area contributed by atoms with Gasteiger partial charge in [-0.15, -0.1) is 0 Å². The van der Waals surface area contributed by atoms with Crippen molar-refractivity contribution in [2.45, 2.75) is 69.8 Å². The Morgan fingerprint density at radius 1 is 1.00 bits per heavy atom. The lowest BCUT2D eigenvalue weighted by atomic mass is 9.48. The Labute approximate surface area is 177 Å². The molecule has 160 valence electrons. The first-order valence-corrected chi connectivity index (χ1v) is 12.2. The molecule has 1 unspecified atom stereocenters. The van der Waals surface area contributed by atoms with Crippen LogP contribution in [0, 0.1) is 23.7 Å². The van der Waals surface area contributed by atoms with E-state index in [4.69, 9.17) is 4.74 Å². The summed E-state index contributed by atoms with van der Waals surface area (Å²) in [4.78, 5) is 0. The molecule has 0 amide bonds. The zero-order valence-electron chi connectivity index (χ0n) is 18.5. The summed E-state index contributed by atoms with van der Waals surface area (Å²) in [6.07, 6.45) is 10.9. The first kappa shape index (κ1) is 19.9. The van der Waals surface area contributed by atoms with Gasteiger partial charge in [0.25, 0.3) is 0 Å². The van der Waals surface area contributed by atoms with E-state index in [1.54, 1.807) is 5.56 Å². The molecule has 1 aromatic carbocycles. The van der Waals surface area contributed by atoms with Crippen LogP contribution in [0.5, 0.6) is 5.75 Å². The SMILES string of the molecule is CC1CC[N+](C)(CC(O)COc2ccc(C34CC5CC(CC(C5)C3)C4)cc2)CC1. The van der Waals surface area contributed by atoms with Gasteiger partial charge in [0.2, 0.25) is 0 Å². The molecule has 29 heavy (non-hydrogen) atoms. The molecule has 1 heterocycles. The molecule has 1 saturated heterocycles.